The molecule has 86 valence electrons. The Kier molecular flexibility index (Phi) is 3.59. The van der Waals surface area contributed by atoms with E-state index in [0.29, 0.717) is 24.7 Å². The topological polar surface area (TPSA) is 67.1 Å². The maximum absolute atomic E-state index is 11.4. The van der Waals surface area contributed by atoms with Crippen molar-refractivity contribution in [2.45, 2.75) is 56.7 Å². The molecule has 0 saturated heterocycles. The lowest BCUT2D eigenvalue weighted by Gasteiger charge is -2.26. The molecule has 0 spiro atoms. The van der Waals surface area contributed by atoms with Crippen LogP contribution < -0.4 is 16.4 Å². The van der Waals surface area contributed by atoms with Crippen LogP contribution in [0.25, 0.3) is 0 Å². The molecule has 0 aliphatic heterocycles. The molecule has 0 aromatic heterocycles. The Morgan fingerprint density at radius 1 is 1.07 bits per heavy atom. The number of hydrogen-bond acceptors (Lipinski definition) is 3. The highest BCUT2D eigenvalue weighted by Crippen LogP contribution is 2.18. The Labute approximate surface area is 91.0 Å². The highest BCUT2D eigenvalue weighted by Gasteiger charge is 2.24. The first-order valence-electron chi connectivity index (χ1n) is 6.02. The first-order valence-corrected chi connectivity index (χ1v) is 6.02. The second-order valence-corrected chi connectivity index (χ2v) is 4.83. The molecule has 0 unspecified atom stereocenters. The van der Waals surface area contributed by atoms with Gasteiger partial charge >= 0.3 is 0 Å². The summed E-state index contributed by atoms with van der Waals surface area (Å²) in [4.78, 5) is 11.4. The summed E-state index contributed by atoms with van der Waals surface area (Å²) in [6, 6.07) is 1.34. The zero-order valence-corrected chi connectivity index (χ0v) is 9.17. The van der Waals surface area contributed by atoms with Gasteiger partial charge in [0.1, 0.15) is 0 Å². The van der Waals surface area contributed by atoms with Crippen molar-refractivity contribution in [1.82, 2.24) is 10.6 Å². The molecule has 0 radical (unpaired) electrons. The summed E-state index contributed by atoms with van der Waals surface area (Å²) in [7, 11) is 0. The van der Waals surface area contributed by atoms with Gasteiger partial charge in [0.05, 0.1) is 6.54 Å². The van der Waals surface area contributed by atoms with Crippen molar-refractivity contribution in [3.05, 3.63) is 0 Å². The van der Waals surface area contributed by atoms with Crippen LogP contribution in [0.1, 0.15) is 38.5 Å². The third-order valence-corrected chi connectivity index (χ3v) is 3.27. The van der Waals surface area contributed by atoms with Crippen molar-refractivity contribution in [2.75, 3.05) is 6.54 Å². The maximum atomic E-state index is 11.4. The van der Waals surface area contributed by atoms with Crippen LogP contribution in [0.2, 0.25) is 0 Å². The lowest BCUT2D eigenvalue weighted by atomic mass is 9.92. The van der Waals surface area contributed by atoms with E-state index in [0.717, 1.165) is 38.5 Å². The molecule has 0 atom stereocenters. The van der Waals surface area contributed by atoms with Gasteiger partial charge in [0.25, 0.3) is 0 Å². The Morgan fingerprint density at radius 2 is 1.67 bits per heavy atom. The summed E-state index contributed by atoms with van der Waals surface area (Å²) in [5.74, 6) is 0.146. The fourth-order valence-electron chi connectivity index (χ4n) is 2.07. The molecule has 2 rings (SSSR count). The van der Waals surface area contributed by atoms with Gasteiger partial charge < -0.3 is 16.4 Å². The number of hydrogen-bond donors (Lipinski definition) is 3. The van der Waals surface area contributed by atoms with E-state index in [-0.39, 0.29) is 5.91 Å². The predicted molar refractivity (Wildman–Crippen MR) is 59.4 cm³/mol. The van der Waals surface area contributed by atoms with Crippen molar-refractivity contribution in [1.29, 1.82) is 0 Å². The van der Waals surface area contributed by atoms with Crippen LogP contribution in [0.5, 0.6) is 0 Å². The minimum Gasteiger partial charge on any atom is -0.352 e. The third-order valence-electron chi connectivity index (χ3n) is 3.27. The Balaban J connectivity index is 1.58. The van der Waals surface area contributed by atoms with Crippen molar-refractivity contribution in [2.24, 2.45) is 5.73 Å². The predicted octanol–water partition coefficient (Wildman–Crippen LogP) is 0.124. The van der Waals surface area contributed by atoms with Crippen molar-refractivity contribution in [3.63, 3.8) is 0 Å². The normalized spacial score (nSPS) is 31.3. The number of carbonyl (C=O) groups is 1. The average molecular weight is 211 g/mol. The summed E-state index contributed by atoms with van der Waals surface area (Å²) < 4.78 is 0. The van der Waals surface area contributed by atoms with Crippen LogP contribution in [0, 0.1) is 0 Å². The van der Waals surface area contributed by atoms with Crippen molar-refractivity contribution < 1.29 is 4.79 Å². The summed E-state index contributed by atoms with van der Waals surface area (Å²) in [6.07, 6.45) is 6.70. The summed E-state index contributed by atoms with van der Waals surface area (Å²) in [5, 5.41) is 6.28. The molecule has 2 aliphatic rings. The van der Waals surface area contributed by atoms with Crippen molar-refractivity contribution in [3.8, 4) is 0 Å². The number of amides is 1. The second-order valence-electron chi connectivity index (χ2n) is 4.83. The molecule has 2 fully saturated rings. The standard InChI is InChI=1S/C11H21N3O/c12-8-1-3-9(4-2-8)13-7-11(15)14-10-5-6-10/h8-10,13H,1-7,12H2,(H,14,15). The zero-order chi connectivity index (χ0) is 10.7. The van der Waals surface area contributed by atoms with Gasteiger partial charge in [0, 0.05) is 18.1 Å². The lowest BCUT2D eigenvalue weighted by molar-refractivity contribution is -0.120. The van der Waals surface area contributed by atoms with E-state index in [1.54, 1.807) is 0 Å². The van der Waals surface area contributed by atoms with Crippen LogP contribution >= 0.6 is 0 Å². The van der Waals surface area contributed by atoms with Crippen LogP contribution in [0.3, 0.4) is 0 Å². The van der Waals surface area contributed by atoms with E-state index in [4.69, 9.17) is 5.73 Å². The highest BCUT2D eigenvalue weighted by molar-refractivity contribution is 5.78. The van der Waals surface area contributed by atoms with Gasteiger partial charge in [-0.15, -0.1) is 0 Å². The molecule has 1 amide bonds. The van der Waals surface area contributed by atoms with Gasteiger partial charge in [-0.25, -0.2) is 0 Å². The average Bonchev–Trinajstić information content (AvgIpc) is 3.01. The third kappa shape index (κ3) is 3.80. The SMILES string of the molecule is NC1CCC(NCC(=O)NC2CC2)CC1. The molecule has 2 aliphatic carbocycles. The number of carbonyl (C=O) groups excluding carboxylic acids is 1. The first-order chi connectivity index (χ1) is 7.24. The number of nitrogens with two attached hydrogens (primary N) is 1. The monoisotopic (exact) mass is 211 g/mol. The molecule has 4 N–H and O–H groups in total. The zero-order valence-electron chi connectivity index (χ0n) is 9.17. The fourth-order valence-corrected chi connectivity index (χ4v) is 2.07. The first kappa shape index (κ1) is 10.9. The number of nitrogens with one attached hydrogen (secondary N) is 2. The molecule has 0 aromatic rings. The minimum atomic E-state index is 0.146. The quantitative estimate of drug-likeness (QED) is 0.619. The van der Waals surface area contributed by atoms with Gasteiger partial charge in [-0.2, -0.15) is 0 Å². The molecular formula is C11H21N3O. The van der Waals surface area contributed by atoms with Gasteiger partial charge in [-0.3, -0.25) is 4.79 Å². The largest absolute Gasteiger partial charge is 0.352 e. The maximum Gasteiger partial charge on any atom is 0.234 e. The number of rotatable bonds is 4. The lowest BCUT2D eigenvalue weighted by Crippen LogP contribution is -2.42. The highest BCUT2D eigenvalue weighted by atomic mass is 16.2. The van der Waals surface area contributed by atoms with E-state index < -0.39 is 0 Å². The second kappa shape index (κ2) is 4.94. The van der Waals surface area contributed by atoms with E-state index >= 15 is 0 Å². The molecule has 0 aromatic carbocycles. The molecule has 4 heteroatoms. The van der Waals surface area contributed by atoms with Crippen LogP contribution in [-0.2, 0) is 4.79 Å². The molecule has 0 bridgehead atoms. The summed E-state index contributed by atoms with van der Waals surface area (Å²) in [6.45, 7) is 0.469. The minimum absolute atomic E-state index is 0.146. The molecule has 4 nitrogen and oxygen atoms in total. The molecule has 15 heavy (non-hydrogen) atoms. The van der Waals surface area contributed by atoms with Crippen LogP contribution in [-0.4, -0.2) is 30.6 Å². The van der Waals surface area contributed by atoms with Crippen LogP contribution in [0.15, 0.2) is 0 Å². The van der Waals surface area contributed by atoms with E-state index in [1.807, 2.05) is 0 Å². The summed E-state index contributed by atoms with van der Waals surface area (Å²) >= 11 is 0. The fraction of sp³-hybridized carbons (Fsp3) is 0.909. The Morgan fingerprint density at radius 3 is 2.27 bits per heavy atom. The smallest absolute Gasteiger partial charge is 0.234 e. The van der Waals surface area contributed by atoms with E-state index in [2.05, 4.69) is 10.6 Å². The van der Waals surface area contributed by atoms with Crippen LogP contribution in [0.4, 0.5) is 0 Å². The van der Waals surface area contributed by atoms with Crippen molar-refractivity contribution >= 4 is 5.91 Å². The molecule has 0 heterocycles. The molecule has 2 saturated carbocycles. The Hall–Kier alpha value is -0.610. The van der Waals surface area contributed by atoms with E-state index in [1.165, 1.54) is 0 Å². The van der Waals surface area contributed by atoms with Gasteiger partial charge in [0.15, 0.2) is 0 Å². The van der Waals surface area contributed by atoms with Gasteiger partial charge in [-0.1, -0.05) is 0 Å². The van der Waals surface area contributed by atoms with Gasteiger partial charge in [0.2, 0.25) is 5.91 Å². The summed E-state index contributed by atoms with van der Waals surface area (Å²) in [5.41, 5.74) is 5.82. The van der Waals surface area contributed by atoms with Gasteiger partial charge in [-0.05, 0) is 38.5 Å². The van der Waals surface area contributed by atoms with E-state index in [9.17, 15) is 4.79 Å². The Bertz CT molecular complexity index is 220. The molecular weight excluding hydrogens is 190 g/mol.